The highest BCUT2D eigenvalue weighted by Crippen LogP contribution is 2.17. The SMILES string of the molecule is CCCCCCCCCCCCCCCC/C=C/C(O)C(CO)NC(=O)CCCCCCCCC/C=C\CCCCCCCCCCCCOC(=O)CCCCCCCCCCCCCC. The number of rotatable bonds is 55. The zero-order valence-electron chi connectivity index (χ0n) is 44.4. The van der Waals surface area contributed by atoms with E-state index in [1.807, 2.05) is 6.08 Å². The highest BCUT2D eigenvalue weighted by atomic mass is 16.5. The zero-order valence-corrected chi connectivity index (χ0v) is 44.4. The molecule has 0 aliphatic carbocycles. The number of esters is 1. The molecule has 0 aliphatic heterocycles. The van der Waals surface area contributed by atoms with Crippen molar-refractivity contribution in [2.24, 2.45) is 0 Å². The number of nitrogens with one attached hydrogen (secondary N) is 1. The third kappa shape index (κ3) is 51.7. The van der Waals surface area contributed by atoms with Crippen LogP contribution in [0.15, 0.2) is 24.3 Å². The first kappa shape index (κ1) is 64.3. The van der Waals surface area contributed by atoms with Crippen molar-refractivity contribution in [2.75, 3.05) is 13.2 Å². The molecule has 0 aromatic carbocycles. The van der Waals surface area contributed by atoms with Crippen molar-refractivity contribution in [2.45, 2.75) is 334 Å². The summed E-state index contributed by atoms with van der Waals surface area (Å²) in [6, 6.07) is -0.633. The van der Waals surface area contributed by atoms with E-state index >= 15 is 0 Å². The Hall–Kier alpha value is -1.66. The highest BCUT2D eigenvalue weighted by Gasteiger charge is 2.18. The fraction of sp³-hybridized carbons (Fsp3) is 0.900. The molecular weight excluding hydrogens is 815 g/mol. The van der Waals surface area contributed by atoms with Crippen LogP contribution < -0.4 is 5.32 Å². The monoisotopic (exact) mass is 930 g/mol. The van der Waals surface area contributed by atoms with Crippen LogP contribution in [0.25, 0.3) is 0 Å². The maximum Gasteiger partial charge on any atom is 0.305 e. The first-order chi connectivity index (χ1) is 32.5. The fourth-order valence-electron chi connectivity index (χ4n) is 9.16. The molecule has 6 nitrogen and oxygen atoms in total. The summed E-state index contributed by atoms with van der Waals surface area (Å²) in [6.07, 6.45) is 67.7. The first-order valence-corrected chi connectivity index (χ1v) is 29.6. The lowest BCUT2D eigenvalue weighted by Crippen LogP contribution is -2.45. The Balaban J connectivity index is 3.45. The van der Waals surface area contributed by atoms with E-state index in [9.17, 15) is 19.8 Å². The maximum absolute atomic E-state index is 12.5. The third-order valence-electron chi connectivity index (χ3n) is 13.7. The van der Waals surface area contributed by atoms with Crippen LogP contribution in [0.3, 0.4) is 0 Å². The molecule has 0 bridgehead atoms. The van der Waals surface area contributed by atoms with E-state index < -0.39 is 12.1 Å². The predicted octanol–water partition coefficient (Wildman–Crippen LogP) is 18.2. The molecule has 66 heavy (non-hydrogen) atoms. The number of hydrogen-bond donors (Lipinski definition) is 3. The van der Waals surface area contributed by atoms with Gasteiger partial charge in [-0.25, -0.2) is 0 Å². The van der Waals surface area contributed by atoms with Gasteiger partial charge in [-0.3, -0.25) is 9.59 Å². The summed E-state index contributed by atoms with van der Waals surface area (Å²) in [5.41, 5.74) is 0. The van der Waals surface area contributed by atoms with Gasteiger partial charge in [-0.2, -0.15) is 0 Å². The molecule has 2 unspecified atom stereocenters. The van der Waals surface area contributed by atoms with Gasteiger partial charge in [0, 0.05) is 12.8 Å². The second-order valence-corrected chi connectivity index (χ2v) is 20.3. The highest BCUT2D eigenvalue weighted by molar-refractivity contribution is 5.76. The molecule has 0 spiro atoms. The van der Waals surface area contributed by atoms with Crippen LogP contribution >= 0.6 is 0 Å². The average Bonchev–Trinajstić information content (AvgIpc) is 3.32. The molecule has 6 heteroatoms. The molecule has 2 atom stereocenters. The lowest BCUT2D eigenvalue weighted by Gasteiger charge is -2.20. The lowest BCUT2D eigenvalue weighted by molar-refractivity contribution is -0.143. The molecule has 0 aromatic heterocycles. The summed E-state index contributed by atoms with van der Waals surface area (Å²) < 4.78 is 5.47. The van der Waals surface area contributed by atoms with Crippen LogP contribution in [0.5, 0.6) is 0 Å². The van der Waals surface area contributed by atoms with E-state index in [1.54, 1.807) is 6.08 Å². The summed E-state index contributed by atoms with van der Waals surface area (Å²) in [4.78, 5) is 24.5. The summed E-state index contributed by atoms with van der Waals surface area (Å²) in [5.74, 6) is -0.0657. The number of carbonyl (C=O) groups is 2. The van der Waals surface area contributed by atoms with E-state index in [2.05, 4.69) is 31.3 Å². The van der Waals surface area contributed by atoms with E-state index in [4.69, 9.17) is 4.74 Å². The van der Waals surface area contributed by atoms with Crippen LogP contribution in [0.2, 0.25) is 0 Å². The summed E-state index contributed by atoms with van der Waals surface area (Å²) in [5, 5.41) is 23.1. The number of amides is 1. The van der Waals surface area contributed by atoms with E-state index in [-0.39, 0.29) is 18.5 Å². The Bertz CT molecular complexity index is 1030. The van der Waals surface area contributed by atoms with E-state index in [0.29, 0.717) is 19.4 Å². The zero-order chi connectivity index (χ0) is 47.9. The minimum Gasteiger partial charge on any atom is -0.466 e. The van der Waals surface area contributed by atoms with Crippen LogP contribution in [0.1, 0.15) is 322 Å². The molecule has 0 fully saturated rings. The van der Waals surface area contributed by atoms with Gasteiger partial charge in [0.1, 0.15) is 0 Å². The Morgan fingerprint density at radius 1 is 0.409 bits per heavy atom. The Labute approximate surface area is 411 Å². The predicted molar refractivity (Wildman–Crippen MR) is 287 cm³/mol. The van der Waals surface area contributed by atoms with Crippen molar-refractivity contribution in [3.63, 3.8) is 0 Å². The van der Waals surface area contributed by atoms with Gasteiger partial charge in [-0.05, 0) is 57.8 Å². The van der Waals surface area contributed by atoms with Crippen molar-refractivity contribution in [3.8, 4) is 0 Å². The van der Waals surface area contributed by atoms with Gasteiger partial charge in [0.05, 0.1) is 25.4 Å². The fourth-order valence-corrected chi connectivity index (χ4v) is 9.16. The van der Waals surface area contributed by atoms with Crippen LogP contribution in [0, 0.1) is 0 Å². The molecule has 0 aliphatic rings. The molecule has 0 aromatic rings. The molecular formula is C60H115NO5. The van der Waals surface area contributed by atoms with Gasteiger partial charge in [0.25, 0.3) is 0 Å². The van der Waals surface area contributed by atoms with Crippen LogP contribution in [-0.4, -0.2) is 47.4 Å². The standard InChI is InChI=1S/C60H115NO5/c1-3-5-7-9-11-13-15-17-18-26-29-32-36-40-44-48-52-58(63)57(56-62)61-59(64)53-49-45-41-37-33-30-27-24-22-20-19-21-23-25-28-31-35-39-43-47-51-55-66-60(65)54-50-46-42-38-34-16-14-12-10-8-6-4-2/h20,22,48,52,57-58,62-63H,3-19,21,23-47,49-51,53-56H2,1-2H3,(H,61,64)/b22-20-,52-48+. The number of aliphatic hydroxyl groups is 2. The molecule has 390 valence electrons. The summed E-state index contributed by atoms with van der Waals surface area (Å²) >= 11 is 0. The summed E-state index contributed by atoms with van der Waals surface area (Å²) in [6.45, 7) is 4.91. The normalized spacial score (nSPS) is 12.7. The molecule has 0 saturated carbocycles. The van der Waals surface area contributed by atoms with Crippen molar-refractivity contribution in [1.82, 2.24) is 5.32 Å². The number of ether oxygens (including phenoxy) is 1. The topological polar surface area (TPSA) is 95.9 Å². The number of aliphatic hydroxyl groups excluding tert-OH is 2. The Morgan fingerprint density at radius 3 is 1.08 bits per heavy atom. The minimum atomic E-state index is -0.849. The van der Waals surface area contributed by atoms with Crippen molar-refractivity contribution >= 4 is 11.9 Å². The second kappa shape index (κ2) is 55.9. The number of unbranched alkanes of at least 4 members (excludes halogenated alkanes) is 42. The molecule has 3 N–H and O–H groups in total. The van der Waals surface area contributed by atoms with Gasteiger partial charge in [0.2, 0.25) is 5.91 Å². The molecule has 0 saturated heterocycles. The van der Waals surface area contributed by atoms with Gasteiger partial charge < -0.3 is 20.3 Å². The van der Waals surface area contributed by atoms with Crippen molar-refractivity contribution in [3.05, 3.63) is 24.3 Å². The second-order valence-electron chi connectivity index (χ2n) is 20.3. The van der Waals surface area contributed by atoms with E-state index in [1.165, 1.54) is 250 Å². The molecule has 0 radical (unpaired) electrons. The molecule has 0 heterocycles. The van der Waals surface area contributed by atoms with Crippen LogP contribution in [-0.2, 0) is 14.3 Å². The number of carbonyl (C=O) groups excluding carboxylic acids is 2. The Morgan fingerprint density at radius 2 is 0.712 bits per heavy atom. The quantitative estimate of drug-likeness (QED) is 0.0321. The van der Waals surface area contributed by atoms with Crippen LogP contribution in [0.4, 0.5) is 0 Å². The third-order valence-corrected chi connectivity index (χ3v) is 13.7. The Kier molecular flexibility index (Phi) is 54.5. The number of allylic oxidation sites excluding steroid dienone is 3. The first-order valence-electron chi connectivity index (χ1n) is 29.6. The van der Waals surface area contributed by atoms with Crippen molar-refractivity contribution in [1.29, 1.82) is 0 Å². The van der Waals surface area contributed by atoms with Gasteiger partial charge in [0.15, 0.2) is 0 Å². The number of hydrogen-bond acceptors (Lipinski definition) is 5. The van der Waals surface area contributed by atoms with Gasteiger partial charge in [-0.15, -0.1) is 0 Å². The van der Waals surface area contributed by atoms with Crippen molar-refractivity contribution < 1.29 is 24.5 Å². The smallest absolute Gasteiger partial charge is 0.305 e. The average molecular weight is 931 g/mol. The maximum atomic E-state index is 12.5. The minimum absolute atomic E-state index is 0.00840. The van der Waals surface area contributed by atoms with E-state index in [0.717, 1.165) is 44.9 Å². The molecule has 0 rings (SSSR count). The van der Waals surface area contributed by atoms with Gasteiger partial charge in [-0.1, -0.05) is 276 Å². The largest absolute Gasteiger partial charge is 0.466 e. The van der Waals surface area contributed by atoms with Gasteiger partial charge >= 0.3 is 5.97 Å². The summed E-state index contributed by atoms with van der Waals surface area (Å²) in [7, 11) is 0. The molecule has 1 amide bonds. The lowest BCUT2D eigenvalue weighted by atomic mass is 10.0.